The molecule has 2 N–H and O–H groups in total. The van der Waals surface area contributed by atoms with Gasteiger partial charge < -0.3 is 5.73 Å². The van der Waals surface area contributed by atoms with E-state index in [0.717, 1.165) is 25.9 Å². The highest BCUT2D eigenvalue weighted by Crippen LogP contribution is 2.15. The minimum atomic E-state index is -3.07. The Hall–Kier alpha value is -0.170. The van der Waals surface area contributed by atoms with E-state index in [4.69, 9.17) is 5.73 Å². The molecule has 0 bridgehead atoms. The predicted molar refractivity (Wildman–Crippen MR) is 79.5 cm³/mol. The zero-order valence-electron chi connectivity index (χ0n) is 12.5. The van der Waals surface area contributed by atoms with Crippen molar-refractivity contribution in [1.29, 1.82) is 0 Å². The fourth-order valence-electron chi connectivity index (χ4n) is 2.71. The van der Waals surface area contributed by atoms with Crippen molar-refractivity contribution in [2.24, 2.45) is 11.7 Å². The molecule has 1 rings (SSSR count). The van der Waals surface area contributed by atoms with E-state index in [1.807, 2.05) is 13.8 Å². The number of piperazine rings is 1. The van der Waals surface area contributed by atoms with Gasteiger partial charge in [-0.05, 0) is 25.3 Å². The molecule has 1 atom stereocenters. The lowest BCUT2D eigenvalue weighted by molar-refractivity contribution is 0.129. The molecule has 1 unspecified atom stereocenters. The van der Waals surface area contributed by atoms with Gasteiger partial charge in [-0.25, -0.2) is 8.42 Å². The topological polar surface area (TPSA) is 66.6 Å². The summed E-state index contributed by atoms with van der Waals surface area (Å²) in [5.74, 6) is 0.441. The van der Waals surface area contributed by atoms with Gasteiger partial charge >= 0.3 is 0 Å². The molecule has 1 saturated heterocycles. The molecule has 1 aliphatic heterocycles. The van der Waals surface area contributed by atoms with E-state index in [-0.39, 0.29) is 11.7 Å². The van der Waals surface area contributed by atoms with Gasteiger partial charge in [0.1, 0.15) is 0 Å². The summed E-state index contributed by atoms with van der Waals surface area (Å²) in [5, 5.41) is 0. The Balaban J connectivity index is 2.52. The maximum Gasteiger partial charge on any atom is 0.214 e. The average molecular weight is 291 g/mol. The van der Waals surface area contributed by atoms with Gasteiger partial charge in [-0.1, -0.05) is 20.8 Å². The number of hydrogen-bond acceptors (Lipinski definition) is 4. The number of nitrogens with two attached hydrogens (primary N) is 1. The van der Waals surface area contributed by atoms with Crippen LogP contribution in [0.3, 0.4) is 0 Å². The van der Waals surface area contributed by atoms with Crippen LogP contribution < -0.4 is 5.73 Å². The number of nitrogens with zero attached hydrogens (tertiary/aromatic N) is 2. The molecule has 0 saturated carbocycles. The molecule has 0 aromatic carbocycles. The van der Waals surface area contributed by atoms with E-state index in [2.05, 4.69) is 11.8 Å². The Kier molecular flexibility index (Phi) is 6.73. The van der Waals surface area contributed by atoms with E-state index in [9.17, 15) is 8.42 Å². The fourth-order valence-corrected chi connectivity index (χ4v) is 4.48. The Labute approximate surface area is 118 Å². The molecule has 1 fully saturated rings. The summed E-state index contributed by atoms with van der Waals surface area (Å²) in [6.45, 7) is 9.66. The maximum absolute atomic E-state index is 12.2. The zero-order valence-corrected chi connectivity index (χ0v) is 13.3. The Morgan fingerprint density at radius 3 is 2.16 bits per heavy atom. The molecular formula is C13H29N3O2S. The standard InChI is InChI=1S/C13H29N3O2S/c1-4-13(5-6-14)15-7-9-16(10-8-15)19(17,18)11-12(2)3/h12-13H,4-11,14H2,1-3H3. The van der Waals surface area contributed by atoms with Crippen LogP contribution in [0.4, 0.5) is 0 Å². The summed E-state index contributed by atoms with van der Waals surface area (Å²) in [5.41, 5.74) is 5.63. The summed E-state index contributed by atoms with van der Waals surface area (Å²) in [7, 11) is -3.07. The van der Waals surface area contributed by atoms with Gasteiger partial charge in [0.05, 0.1) is 5.75 Å². The van der Waals surface area contributed by atoms with Gasteiger partial charge in [-0.15, -0.1) is 0 Å². The second-order valence-electron chi connectivity index (χ2n) is 5.75. The van der Waals surface area contributed by atoms with Crippen molar-refractivity contribution in [2.45, 2.75) is 39.7 Å². The molecule has 5 nitrogen and oxygen atoms in total. The lowest BCUT2D eigenvalue weighted by Crippen LogP contribution is -2.52. The van der Waals surface area contributed by atoms with Crippen molar-refractivity contribution in [3.63, 3.8) is 0 Å². The first-order chi connectivity index (χ1) is 8.90. The molecule has 1 heterocycles. The van der Waals surface area contributed by atoms with Crippen LogP contribution in [-0.4, -0.2) is 62.1 Å². The molecular weight excluding hydrogens is 262 g/mol. The average Bonchev–Trinajstić information content (AvgIpc) is 2.34. The SMILES string of the molecule is CCC(CCN)N1CCN(S(=O)(=O)CC(C)C)CC1. The summed E-state index contributed by atoms with van der Waals surface area (Å²) in [4.78, 5) is 2.38. The summed E-state index contributed by atoms with van der Waals surface area (Å²) < 4.78 is 26.0. The maximum atomic E-state index is 12.2. The predicted octanol–water partition coefficient (Wildman–Crippen LogP) is 0.717. The number of hydrogen-bond donors (Lipinski definition) is 1. The van der Waals surface area contributed by atoms with Gasteiger partial charge in [0.2, 0.25) is 10.0 Å². The monoisotopic (exact) mass is 291 g/mol. The Bertz CT molecular complexity index is 349. The molecule has 6 heteroatoms. The zero-order chi connectivity index (χ0) is 14.5. The van der Waals surface area contributed by atoms with Crippen molar-refractivity contribution >= 4 is 10.0 Å². The van der Waals surface area contributed by atoms with Crippen molar-refractivity contribution in [3.05, 3.63) is 0 Å². The normalized spacial score (nSPS) is 20.9. The van der Waals surface area contributed by atoms with Crippen LogP contribution in [0.5, 0.6) is 0 Å². The van der Waals surface area contributed by atoms with Crippen LogP contribution in [0, 0.1) is 5.92 Å². The molecule has 0 aromatic heterocycles. The van der Waals surface area contributed by atoms with Crippen molar-refractivity contribution in [1.82, 2.24) is 9.21 Å². The van der Waals surface area contributed by atoms with Crippen LogP contribution in [0.2, 0.25) is 0 Å². The van der Waals surface area contributed by atoms with Gasteiger partial charge in [0, 0.05) is 32.2 Å². The third-order valence-electron chi connectivity index (χ3n) is 3.70. The quantitative estimate of drug-likeness (QED) is 0.750. The molecule has 0 aromatic rings. The molecule has 0 radical (unpaired) electrons. The van der Waals surface area contributed by atoms with E-state index in [0.29, 0.717) is 25.7 Å². The van der Waals surface area contributed by atoms with E-state index in [1.54, 1.807) is 4.31 Å². The van der Waals surface area contributed by atoms with Gasteiger partial charge in [0.25, 0.3) is 0 Å². The first-order valence-corrected chi connectivity index (χ1v) is 8.93. The highest BCUT2D eigenvalue weighted by Gasteiger charge is 2.29. The van der Waals surface area contributed by atoms with Crippen LogP contribution in [0.15, 0.2) is 0 Å². The highest BCUT2D eigenvalue weighted by molar-refractivity contribution is 7.89. The highest BCUT2D eigenvalue weighted by atomic mass is 32.2. The third kappa shape index (κ3) is 5.02. The summed E-state index contributed by atoms with van der Waals surface area (Å²) in [6.07, 6.45) is 2.07. The van der Waals surface area contributed by atoms with Gasteiger partial charge in [0.15, 0.2) is 0 Å². The van der Waals surface area contributed by atoms with Crippen molar-refractivity contribution in [2.75, 3.05) is 38.5 Å². The third-order valence-corrected chi connectivity index (χ3v) is 5.94. The lowest BCUT2D eigenvalue weighted by atomic mass is 10.1. The van der Waals surface area contributed by atoms with Crippen LogP contribution in [0.1, 0.15) is 33.6 Å². The molecule has 1 aliphatic rings. The Morgan fingerprint density at radius 2 is 1.74 bits per heavy atom. The largest absolute Gasteiger partial charge is 0.330 e. The van der Waals surface area contributed by atoms with E-state index < -0.39 is 10.0 Å². The molecule has 114 valence electrons. The first kappa shape index (κ1) is 16.9. The van der Waals surface area contributed by atoms with Crippen LogP contribution in [-0.2, 0) is 10.0 Å². The van der Waals surface area contributed by atoms with Crippen LogP contribution in [0.25, 0.3) is 0 Å². The van der Waals surface area contributed by atoms with E-state index in [1.165, 1.54) is 0 Å². The summed E-state index contributed by atoms with van der Waals surface area (Å²) >= 11 is 0. The lowest BCUT2D eigenvalue weighted by Gasteiger charge is -2.38. The van der Waals surface area contributed by atoms with E-state index >= 15 is 0 Å². The van der Waals surface area contributed by atoms with Gasteiger partial charge in [-0.3, -0.25) is 4.90 Å². The number of rotatable bonds is 7. The van der Waals surface area contributed by atoms with Crippen LogP contribution >= 0.6 is 0 Å². The minimum absolute atomic E-state index is 0.184. The smallest absolute Gasteiger partial charge is 0.214 e. The van der Waals surface area contributed by atoms with Crippen molar-refractivity contribution < 1.29 is 8.42 Å². The van der Waals surface area contributed by atoms with Crippen molar-refractivity contribution in [3.8, 4) is 0 Å². The molecule has 0 amide bonds. The molecule has 0 spiro atoms. The molecule has 19 heavy (non-hydrogen) atoms. The first-order valence-electron chi connectivity index (χ1n) is 7.32. The molecule has 0 aliphatic carbocycles. The minimum Gasteiger partial charge on any atom is -0.330 e. The second kappa shape index (κ2) is 7.57. The summed E-state index contributed by atoms with van der Waals surface area (Å²) in [6, 6.07) is 0.500. The Morgan fingerprint density at radius 1 is 1.16 bits per heavy atom. The number of sulfonamides is 1. The van der Waals surface area contributed by atoms with Gasteiger partial charge in [-0.2, -0.15) is 4.31 Å². The second-order valence-corrected chi connectivity index (χ2v) is 7.76. The fraction of sp³-hybridized carbons (Fsp3) is 1.00.